The fourth-order valence-corrected chi connectivity index (χ4v) is 1.81. The van der Waals surface area contributed by atoms with Crippen molar-refractivity contribution in [3.05, 3.63) is 46.5 Å². The van der Waals surface area contributed by atoms with Crippen molar-refractivity contribution >= 4 is 17.4 Å². The number of benzene rings is 1. The van der Waals surface area contributed by atoms with Gasteiger partial charge in [0.1, 0.15) is 4.88 Å². The molecule has 0 aliphatic carbocycles. The van der Waals surface area contributed by atoms with E-state index >= 15 is 0 Å². The molecule has 1 aromatic heterocycles. The van der Waals surface area contributed by atoms with Crippen LogP contribution < -0.4 is 5.32 Å². The Labute approximate surface area is 102 Å². The third kappa shape index (κ3) is 3.08. The molecule has 0 bridgehead atoms. The van der Waals surface area contributed by atoms with Crippen LogP contribution in [0, 0.1) is 0 Å². The molecule has 0 spiro atoms. The molecule has 2 aromatic rings. The average molecular weight is 249 g/mol. The van der Waals surface area contributed by atoms with Gasteiger partial charge in [-0.3, -0.25) is 4.79 Å². The minimum Gasteiger partial charge on any atom is -0.392 e. The Balaban J connectivity index is 1.95. The zero-order valence-corrected chi connectivity index (χ0v) is 9.78. The van der Waals surface area contributed by atoms with Crippen LogP contribution >= 0.6 is 11.5 Å². The van der Waals surface area contributed by atoms with Crippen molar-refractivity contribution in [2.75, 3.05) is 0 Å². The van der Waals surface area contributed by atoms with Gasteiger partial charge in [-0.15, -0.1) is 5.10 Å². The van der Waals surface area contributed by atoms with E-state index in [9.17, 15) is 4.79 Å². The molecular formula is C11H11N3O2S. The summed E-state index contributed by atoms with van der Waals surface area (Å²) >= 11 is 1.06. The van der Waals surface area contributed by atoms with Crippen LogP contribution in [0.5, 0.6) is 0 Å². The molecule has 17 heavy (non-hydrogen) atoms. The van der Waals surface area contributed by atoms with Crippen LogP contribution in [0.2, 0.25) is 0 Å². The lowest BCUT2D eigenvalue weighted by molar-refractivity contribution is 0.0955. The normalized spacial score (nSPS) is 10.2. The number of hydrogen-bond donors (Lipinski definition) is 2. The molecule has 1 heterocycles. The monoisotopic (exact) mass is 249 g/mol. The first-order valence-corrected chi connectivity index (χ1v) is 5.81. The van der Waals surface area contributed by atoms with Crippen LogP contribution in [0.3, 0.4) is 0 Å². The van der Waals surface area contributed by atoms with Crippen molar-refractivity contribution in [1.82, 2.24) is 14.9 Å². The summed E-state index contributed by atoms with van der Waals surface area (Å²) in [6.07, 6.45) is 1.43. The van der Waals surface area contributed by atoms with Crippen molar-refractivity contribution in [3.8, 4) is 0 Å². The van der Waals surface area contributed by atoms with E-state index in [0.717, 1.165) is 22.7 Å². The van der Waals surface area contributed by atoms with E-state index < -0.39 is 0 Å². The highest BCUT2D eigenvalue weighted by Gasteiger charge is 2.07. The first kappa shape index (κ1) is 11.7. The SMILES string of the molecule is O=C(NCc1cccc(CO)c1)c1cnns1. The molecule has 0 unspecified atom stereocenters. The number of rotatable bonds is 4. The lowest BCUT2D eigenvalue weighted by atomic mass is 10.1. The van der Waals surface area contributed by atoms with Crippen LogP contribution in [-0.2, 0) is 13.2 Å². The van der Waals surface area contributed by atoms with E-state index in [-0.39, 0.29) is 12.5 Å². The molecule has 1 amide bonds. The Hall–Kier alpha value is -1.79. The van der Waals surface area contributed by atoms with Gasteiger partial charge in [0.15, 0.2) is 0 Å². The van der Waals surface area contributed by atoms with Crippen molar-refractivity contribution in [2.45, 2.75) is 13.2 Å². The van der Waals surface area contributed by atoms with Gasteiger partial charge in [0.2, 0.25) is 0 Å². The fraction of sp³-hybridized carbons (Fsp3) is 0.182. The number of amides is 1. The fourth-order valence-electron chi connectivity index (χ4n) is 1.37. The zero-order valence-electron chi connectivity index (χ0n) is 8.96. The molecule has 0 saturated carbocycles. The highest BCUT2D eigenvalue weighted by Crippen LogP contribution is 2.06. The smallest absolute Gasteiger partial charge is 0.264 e. The van der Waals surface area contributed by atoms with Gasteiger partial charge in [-0.25, -0.2) is 0 Å². The first-order valence-electron chi connectivity index (χ1n) is 5.04. The molecular weight excluding hydrogens is 238 g/mol. The van der Waals surface area contributed by atoms with Crippen molar-refractivity contribution < 1.29 is 9.90 Å². The van der Waals surface area contributed by atoms with Gasteiger partial charge in [0.25, 0.3) is 5.91 Å². The van der Waals surface area contributed by atoms with Gasteiger partial charge in [-0.1, -0.05) is 28.8 Å². The van der Waals surface area contributed by atoms with E-state index in [4.69, 9.17) is 5.11 Å². The van der Waals surface area contributed by atoms with Gasteiger partial charge in [-0.05, 0) is 22.7 Å². The number of aliphatic hydroxyl groups is 1. The van der Waals surface area contributed by atoms with Crippen LogP contribution in [0.25, 0.3) is 0 Å². The molecule has 6 heteroatoms. The van der Waals surface area contributed by atoms with E-state index in [1.54, 1.807) is 0 Å². The number of hydrogen-bond acceptors (Lipinski definition) is 5. The third-order valence-electron chi connectivity index (χ3n) is 2.21. The van der Waals surface area contributed by atoms with Crippen LogP contribution in [0.1, 0.15) is 20.8 Å². The van der Waals surface area contributed by atoms with E-state index in [0.29, 0.717) is 11.4 Å². The van der Waals surface area contributed by atoms with Crippen LogP contribution in [-0.4, -0.2) is 20.6 Å². The number of carbonyl (C=O) groups excluding carboxylic acids is 1. The van der Waals surface area contributed by atoms with Gasteiger partial charge in [-0.2, -0.15) is 0 Å². The number of nitrogens with zero attached hydrogens (tertiary/aromatic N) is 2. The summed E-state index contributed by atoms with van der Waals surface area (Å²) in [7, 11) is 0. The van der Waals surface area contributed by atoms with Gasteiger partial charge in [0, 0.05) is 6.54 Å². The average Bonchev–Trinajstić information content (AvgIpc) is 2.90. The van der Waals surface area contributed by atoms with E-state index in [1.165, 1.54) is 6.20 Å². The minimum atomic E-state index is -0.186. The number of aliphatic hydroxyl groups excluding tert-OH is 1. The molecule has 5 nitrogen and oxygen atoms in total. The van der Waals surface area contributed by atoms with Gasteiger partial charge < -0.3 is 10.4 Å². The maximum Gasteiger partial charge on any atom is 0.264 e. The summed E-state index contributed by atoms with van der Waals surface area (Å²) < 4.78 is 3.62. The molecule has 0 fully saturated rings. The molecule has 0 atom stereocenters. The van der Waals surface area contributed by atoms with Crippen molar-refractivity contribution in [2.24, 2.45) is 0 Å². The number of nitrogens with one attached hydrogen (secondary N) is 1. The Kier molecular flexibility index (Phi) is 3.79. The predicted octanol–water partition coefficient (Wildman–Crippen LogP) is 0.960. The Morgan fingerprint density at radius 1 is 1.41 bits per heavy atom. The zero-order chi connectivity index (χ0) is 12.1. The van der Waals surface area contributed by atoms with Crippen molar-refractivity contribution in [1.29, 1.82) is 0 Å². The topological polar surface area (TPSA) is 75.1 Å². The lowest BCUT2D eigenvalue weighted by Gasteiger charge is -2.04. The summed E-state index contributed by atoms with van der Waals surface area (Å²) in [6, 6.07) is 7.43. The standard InChI is InChI=1S/C11H11N3O2S/c15-7-9-3-1-2-8(4-9)5-12-11(16)10-6-13-14-17-10/h1-4,6,15H,5,7H2,(H,12,16). The number of aromatic nitrogens is 2. The molecule has 2 N–H and O–H groups in total. The quantitative estimate of drug-likeness (QED) is 0.846. The lowest BCUT2D eigenvalue weighted by Crippen LogP contribution is -2.21. The van der Waals surface area contributed by atoms with Gasteiger partial charge >= 0.3 is 0 Å². The molecule has 0 saturated heterocycles. The molecule has 88 valence electrons. The molecule has 0 aliphatic rings. The molecule has 0 radical (unpaired) electrons. The summed E-state index contributed by atoms with van der Waals surface area (Å²) in [5, 5.41) is 15.4. The van der Waals surface area contributed by atoms with Crippen molar-refractivity contribution in [3.63, 3.8) is 0 Å². The van der Waals surface area contributed by atoms with Crippen LogP contribution in [0.4, 0.5) is 0 Å². The second kappa shape index (κ2) is 5.51. The largest absolute Gasteiger partial charge is 0.392 e. The van der Waals surface area contributed by atoms with Crippen LogP contribution in [0.15, 0.2) is 30.5 Å². The predicted molar refractivity (Wildman–Crippen MR) is 63.4 cm³/mol. The summed E-state index contributed by atoms with van der Waals surface area (Å²) in [5.41, 5.74) is 1.78. The van der Waals surface area contributed by atoms with E-state index in [2.05, 4.69) is 14.9 Å². The molecule has 2 rings (SSSR count). The molecule has 0 aliphatic heterocycles. The minimum absolute atomic E-state index is 0.000547. The summed E-state index contributed by atoms with van der Waals surface area (Å²) in [6.45, 7) is 0.422. The first-order chi connectivity index (χ1) is 8.29. The highest BCUT2D eigenvalue weighted by atomic mass is 32.1. The number of carbonyl (C=O) groups is 1. The Morgan fingerprint density at radius 3 is 2.94 bits per heavy atom. The van der Waals surface area contributed by atoms with Gasteiger partial charge in [0.05, 0.1) is 12.8 Å². The maximum absolute atomic E-state index is 11.6. The summed E-state index contributed by atoms with van der Waals surface area (Å²) in [4.78, 5) is 12.1. The highest BCUT2D eigenvalue weighted by molar-refractivity contribution is 7.07. The summed E-state index contributed by atoms with van der Waals surface area (Å²) in [5.74, 6) is -0.186. The Morgan fingerprint density at radius 2 is 2.24 bits per heavy atom. The second-order valence-corrected chi connectivity index (χ2v) is 4.23. The molecule has 1 aromatic carbocycles. The Bertz CT molecular complexity index is 499. The second-order valence-electron chi connectivity index (χ2n) is 3.44. The maximum atomic E-state index is 11.6. The third-order valence-corrected chi connectivity index (χ3v) is 2.88. The van der Waals surface area contributed by atoms with E-state index in [1.807, 2.05) is 24.3 Å².